The van der Waals surface area contributed by atoms with Crippen LogP contribution in [-0.4, -0.2) is 31.9 Å². The minimum absolute atomic E-state index is 0.171. The van der Waals surface area contributed by atoms with Crippen LogP contribution in [0.25, 0.3) is 0 Å². The molecular weight excluding hydrogens is 397 g/mol. The molecule has 2 aromatic heterocycles. The van der Waals surface area contributed by atoms with Crippen LogP contribution in [0.3, 0.4) is 0 Å². The van der Waals surface area contributed by atoms with Crippen molar-refractivity contribution < 1.29 is 19.1 Å². The molecule has 156 valence electrons. The van der Waals surface area contributed by atoms with Gasteiger partial charge in [-0.1, -0.05) is 6.08 Å². The molecular formula is C24H20FN3O3. The van der Waals surface area contributed by atoms with Gasteiger partial charge in [-0.15, -0.1) is 0 Å². The van der Waals surface area contributed by atoms with Crippen LogP contribution in [-0.2, 0) is 15.0 Å². The number of fused-ring (bicyclic) bond motifs is 1. The van der Waals surface area contributed by atoms with Crippen molar-refractivity contribution in [3.8, 4) is 0 Å². The summed E-state index contributed by atoms with van der Waals surface area (Å²) in [6.45, 7) is 1.82. The minimum atomic E-state index is -1.31. The molecule has 1 saturated carbocycles. The molecule has 1 unspecified atom stereocenters. The number of aromatic nitrogens is 2. The summed E-state index contributed by atoms with van der Waals surface area (Å²) in [6, 6.07) is 7.05. The third-order valence-electron chi connectivity index (χ3n) is 6.39. The molecule has 4 heterocycles. The zero-order valence-corrected chi connectivity index (χ0v) is 16.8. The fourth-order valence-electron chi connectivity index (χ4n) is 4.80. The molecule has 3 aliphatic rings. The molecule has 1 N–H and O–H groups in total. The van der Waals surface area contributed by atoms with Crippen molar-refractivity contribution in [2.75, 3.05) is 0 Å². The summed E-state index contributed by atoms with van der Waals surface area (Å²) in [7, 11) is 0. The third-order valence-corrected chi connectivity index (χ3v) is 6.39. The predicted octanol–water partition coefficient (Wildman–Crippen LogP) is 3.74. The first-order chi connectivity index (χ1) is 15.0. The number of amides is 1. The monoisotopic (exact) mass is 417 g/mol. The first kappa shape index (κ1) is 19.4. The van der Waals surface area contributed by atoms with Gasteiger partial charge in [0, 0.05) is 31.0 Å². The van der Waals surface area contributed by atoms with Crippen molar-refractivity contribution in [1.29, 1.82) is 0 Å². The van der Waals surface area contributed by atoms with Gasteiger partial charge in [-0.2, -0.15) is 0 Å². The summed E-state index contributed by atoms with van der Waals surface area (Å²) in [6.07, 6.45) is 11.0. The molecule has 6 nitrogen and oxygen atoms in total. The van der Waals surface area contributed by atoms with Gasteiger partial charge >= 0.3 is 5.97 Å². The smallest absolute Gasteiger partial charge is 0.320 e. The molecule has 1 atom stereocenters. The number of carboxylic acids is 1. The van der Waals surface area contributed by atoms with Gasteiger partial charge in [0.1, 0.15) is 5.83 Å². The number of halogens is 1. The van der Waals surface area contributed by atoms with Crippen LogP contribution >= 0.6 is 0 Å². The quantitative estimate of drug-likeness (QED) is 0.767. The summed E-state index contributed by atoms with van der Waals surface area (Å²) in [5.74, 6) is -3.58. The van der Waals surface area contributed by atoms with E-state index >= 15 is 4.39 Å². The third kappa shape index (κ3) is 2.76. The highest BCUT2D eigenvalue weighted by molar-refractivity contribution is 6.02. The fraction of sp³-hybridized carbons (Fsp3) is 0.250. The fourth-order valence-corrected chi connectivity index (χ4v) is 4.80. The van der Waals surface area contributed by atoms with E-state index in [2.05, 4.69) is 9.97 Å². The average Bonchev–Trinajstić information content (AvgIpc) is 3.61. The van der Waals surface area contributed by atoms with E-state index in [4.69, 9.17) is 0 Å². The van der Waals surface area contributed by atoms with E-state index < -0.39 is 29.0 Å². The summed E-state index contributed by atoms with van der Waals surface area (Å²) in [4.78, 5) is 34.1. The van der Waals surface area contributed by atoms with E-state index in [9.17, 15) is 14.7 Å². The number of hydrogen-bond donors (Lipinski definition) is 1. The van der Waals surface area contributed by atoms with Gasteiger partial charge in [-0.3, -0.25) is 24.5 Å². The molecule has 5 rings (SSSR count). The van der Waals surface area contributed by atoms with E-state index in [1.807, 2.05) is 6.92 Å². The lowest BCUT2D eigenvalue weighted by Gasteiger charge is -2.44. The highest BCUT2D eigenvalue weighted by atomic mass is 19.1. The van der Waals surface area contributed by atoms with Gasteiger partial charge in [0.05, 0.1) is 11.1 Å². The van der Waals surface area contributed by atoms with Crippen molar-refractivity contribution >= 4 is 11.9 Å². The lowest BCUT2D eigenvalue weighted by molar-refractivity contribution is -0.147. The zero-order chi connectivity index (χ0) is 21.8. The molecule has 1 amide bonds. The standard InChI is InChI=1S/C24H20FN3O3/c1-14-21-18(15-2-3-15)12-19(23(30)31)22(29)28(21)13-20(25)24(14,16-4-8-26-9-5-16)17-6-10-27-11-7-17/h4-13,15,19H,2-3H2,1H3,(H,30,31). The van der Waals surface area contributed by atoms with Crippen LogP contribution in [0, 0.1) is 11.8 Å². The van der Waals surface area contributed by atoms with E-state index in [1.54, 1.807) is 55.1 Å². The largest absolute Gasteiger partial charge is 0.480 e. The first-order valence-electron chi connectivity index (χ1n) is 10.1. The number of carbonyl (C=O) groups is 2. The lowest BCUT2D eigenvalue weighted by atomic mass is 9.66. The van der Waals surface area contributed by atoms with Gasteiger partial charge in [0.25, 0.3) is 0 Å². The van der Waals surface area contributed by atoms with E-state index in [1.165, 1.54) is 4.90 Å². The zero-order valence-electron chi connectivity index (χ0n) is 16.8. The van der Waals surface area contributed by atoms with E-state index in [-0.39, 0.29) is 5.92 Å². The molecule has 0 radical (unpaired) electrons. The molecule has 1 aliphatic carbocycles. The second kappa shape index (κ2) is 6.97. The van der Waals surface area contributed by atoms with Crippen molar-refractivity contribution in [2.45, 2.75) is 25.2 Å². The van der Waals surface area contributed by atoms with Crippen LogP contribution in [0.1, 0.15) is 30.9 Å². The van der Waals surface area contributed by atoms with Crippen LogP contribution < -0.4 is 0 Å². The SMILES string of the molecule is CC1=C2C(C3CC3)=CC(C(=O)O)C(=O)N2C=C(F)C1(c1ccncc1)c1ccncc1. The minimum Gasteiger partial charge on any atom is -0.480 e. The highest BCUT2D eigenvalue weighted by Crippen LogP contribution is 2.54. The number of carboxylic acid groups (broad SMARTS) is 1. The molecule has 31 heavy (non-hydrogen) atoms. The van der Waals surface area contributed by atoms with Crippen molar-refractivity contribution in [3.05, 3.63) is 95.1 Å². The maximum atomic E-state index is 16.2. The Kier molecular flexibility index (Phi) is 4.36. The number of rotatable bonds is 4. The Labute approximate surface area is 178 Å². The maximum Gasteiger partial charge on any atom is 0.320 e. The lowest BCUT2D eigenvalue weighted by Crippen LogP contribution is -2.46. The maximum absolute atomic E-state index is 16.2. The molecule has 2 aliphatic heterocycles. The van der Waals surface area contributed by atoms with Gasteiger partial charge in [-0.05, 0) is 72.2 Å². The molecule has 2 aromatic rings. The molecule has 1 fully saturated rings. The Hall–Kier alpha value is -3.61. The van der Waals surface area contributed by atoms with Gasteiger partial charge in [-0.25, -0.2) is 4.39 Å². The Bertz CT molecular complexity index is 1130. The summed E-state index contributed by atoms with van der Waals surface area (Å²) < 4.78 is 16.2. The van der Waals surface area contributed by atoms with Crippen LogP contribution in [0.15, 0.2) is 84.0 Å². The Morgan fingerprint density at radius 2 is 1.65 bits per heavy atom. The Morgan fingerprint density at radius 1 is 1.10 bits per heavy atom. The molecule has 0 saturated heterocycles. The predicted molar refractivity (Wildman–Crippen MR) is 110 cm³/mol. The number of nitrogens with zero attached hydrogens (tertiary/aromatic N) is 3. The van der Waals surface area contributed by atoms with Crippen molar-refractivity contribution in [3.63, 3.8) is 0 Å². The Morgan fingerprint density at radius 3 is 2.13 bits per heavy atom. The van der Waals surface area contributed by atoms with Crippen LogP contribution in [0.2, 0.25) is 0 Å². The average molecular weight is 417 g/mol. The summed E-state index contributed by atoms with van der Waals surface area (Å²) >= 11 is 0. The normalized spacial score (nSPS) is 22.6. The number of allylic oxidation sites excluding steroid dienone is 3. The topological polar surface area (TPSA) is 83.4 Å². The number of aliphatic carboxylic acids is 1. The second-order valence-corrected chi connectivity index (χ2v) is 8.09. The number of hydrogen-bond acceptors (Lipinski definition) is 4. The van der Waals surface area contributed by atoms with E-state index in [0.29, 0.717) is 22.4 Å². The van der Waals surface area contributed by atoms with Crippen molar-refractivity contribution in [1.82, 2.24) is 14.9 Å². The molecule has 7 heteroatoms. The highest BCUT2D eigenvalue weighted by Gasteiger charge is 2.51. The van der Waals surface area contributed by atoms with Crippen LogP contribution in [0.5, 0.6) is 0 Å². The molecule has 0 spiro atoms. The van der Waals surface area contributed by atoms with Crippen molar-refractivity contribution in [2.24, 2.45) is 11.8 Å². The van der Waals surface area contributed by atoms with Gasteiger partial charge in [0.15, 0.2) is 5.92 Å². The first-order valence-corrected chi connectivity index (χ1v) is 10.1. The van der Waals surface area contributed by atoms with Crippen LogP contribution in [0.4, 0.5) is 4.39 Å². The molecule has 0 aromatic carbocycles. The summed E-state index contributed by atoms with van der Waals surface area (Å²) in [5.41, 5.74) is 2.13. The van der Waals surface area contributed by atoms with E-state index in [0.717, 1.165) is 24.6 Å². The van der Waals surface area contributed by atoms with Gasteiger partial charge < -0.3 is 5.11 Å². The second-order valence-electron chi connectivity index (χ2n) is 8.09. The number of pyridine rings is 2. The van der Waals surface area contributed by atoms with Gasteiger partial charge in [0.2, 0.25) is 5.91 Å². The Balaban J connectivity index is 1.84. The number of carbonyl (C=O) groups excluding carboxylic acids is 1. The molecule has 0 bridgehead atoms. The summed E-state index contributed by atoms with van der Waals surface area (Å²) in [5, 5.41) is 9.57.